The number of hydrogen-bond donors (Lipinski definition) is 2. The molecule has 11 heteroatoms. The first-order valence-electron chi connectivity index (χ1n) is 10.5. The van der Waals surface area contributed by atoms with Gasteiger partial charge in [0, 0.05) is 18.4 Å². The minimum Gasteiger partial charge on any atom is -0.483 e. The number of para-hydroxylation sites is 1. The second-order valence-electron chi connectivity index (χ2n) is 7.48. The van der Waals surface area contributed by atoms with E-state index in [1.807, 2.05) is 11.5 Å². The lowest BCUT2D eigenvalue weighted by Crippen LogP contribution is -2.24. The standard InChI is InChI=1S/C23H26FN5O4S/c1-14(12-32-3)29-20(13-33-19-7-5-4-6-18(19)24)27-28-23(29)34-15(2)22(31)26-17-10-8-16(9-11-17)21(25)30/h4-11,14-15H,12-13H2,1-3H3,(H2,25,30)(H,26,31)/t14-,15-/m1/s1. The maximum atomic E-state index is 13.9. The quantitative estimate of drug-likeness (QED) is 0.398. The third kappa shape index (κ3) is 6.33. The smallest absolute Gasteiger partial charge is 0.248 e. The molecule has 2 aromatic carbocycles. The SMILES string of the molecule is COC[C@@H](C)n1c(COc2ccccc2F)nnc1S[C@H](C)C(=O)Nc1ccc(C(N)=O)cc1. The van der Waals surface area contributed by atoms with E-state index >= 15 is 0 Å². The summed E-state index contributed by atoms with van der Waals surface area (Å²) in [6.45, 7) is 4.04. The number of benzene rings is 2. The number of primary amides is 1. The molecule has 0 aliphatic heterocycles. The van der Waals surface area contributed by atoms with E-state index in [1.165, 1.54) is 23.9 Å². The average molecular weight is 488 g/mol. The van der Waals surface area contributed by atoms with Gasteiger partial charge in [0.2, 0.25) is 11.8 Å². The summed E-state index contributed by atoms with van der Waals surface area (Å²) in [6.07, 6.45) is 0. The normalized spacial score (nSPS) is 12.7. The van der Waals surface area contributed by atoms with E-state index in [1.54, 1.807) is 50.4 Å². The van der Waals surface area contributed by atoms with Crippen molar-refractivity contribution >= 4 is 29.3 Å². The van der Waals surface area contributed by atoms with Crippen molar-refractivity contribution in [3.63, 3.8) is 0 Å². The van der Waals surface area contributed by atoms with Crippen LogP contribution in [0.5, 0.6) is 5.75 Å². The van der Waals surface area contributed by atoms with Crippen LogP contribution in [0.2, 0.25) is 0 Å². The third-order valence-corrected chi connectivity index (χ3v) is 5.92. The number of carbonyl (C=O) groups is 2. The molecule has 2 amide bonds. The van der Waals surface area contributed by atoms with Crippen molar-refractivity contribution in [3.05, 3.63) is 65.7 Å². The number of nitrogens with one attached hydrogen (secondary N) is 1. The van der Waals surface area contributed by atoms with Crippen LogP contribution >= 0.6 is 11.8 Å². The largest absolute Gasteiger partial charge is 0.483 e. The summed E-state index contributed by atoms with van der Waals surface area (Å²) >= 11 is 1.22. The average Bonchev–Trinajstić information content (AvgIpc) is 3.21. The Bertz CT molecular complexity index is 1140. The Hall–Kier alpha value is -3.44. The minimum absolute atomic E-state index is 0.00463. The van der Waals surface area contributed by atoms with Gasteiger partial charge in [0.15, 0.2) is 22.5 Å². The molecule has 0 spiro atoms. The molecule has 0 bridgehead atoms. The summed E-state index contributed by atoms with van der Waals surface area (Å²) in [6, 6.07) is 12.3. The molecule has 34 heavy (non-hydrogen) atoms. The molecule has 0 aliphatic carbocycles. The highest BCUT2D eigenvalue weighted by molar-refractivity contribution is 8.00. The van der Waals surface area contributed by atoms with E-state index in [-0.39, 0.29) is 24.3 Å². The maximum Gasteiger partial charge on any atom is 0.248 e. The van der Waals surface area contributed by atoms with Crippen molar-refractivity contribution < 1.29 is 23.5 Å². The first-order chi connectivity index (χ1) is 16.3. The fourth-order valence-corrected chi connectivity index (χ4v) is 4.09. The summed E-state index contributed by atoms with van der Waals surface area (Å²) in [5.74, 6) is -0.677. The fourth-order valence-electron chi connectivity index (χ4n) is 3.12. The number of anilines is 1. The zero-order valence-electron chi connectivity index (χ0n) is 19.0. The molecule has 3 rings (SSSR count). The third-order valence-electron chi connectivity index (χ3n) is 4.87. The van der Waals surface area contributed by atoms with Crippen molar-refractivity contribution in [2.45, 2.75) is 36.9 Å². The molecule has 0 aliphatic rings. The zero-order chi connectivity index (χ0) is 24.7. The van der Waals surface area contributed by atoms with Gasteiger partial charge in [0.25, 0.3) is 0 Å². The van der Waals surface area contributed by atoms with Gasteiger partial charge in [-0.25, -0.2) is 4.39 Å². The Morgan fingerprint density at radius 3 is 2.50 bits per heavy atom. The van der Waals surface area contributed by atoms with E-state index < -0.39 is 17.0 Å². The van der Waals surface area contributed by atoms with E-state index in [4.69, 9.17) is 15.2 Å². The van der Waals surface area contributed by atoms with E-state index in [2.05, 4.69) is 15.5 Å². The lowest BCUT2D eigenvalue weighted by atomic mass is 10.2. The molecule has 3 aromatic rings. The molecule has 1 heterocycles. The van der Waals surface area contributed by atoms with Gasteiger partial charge in [-0.05, 0) is 50.2 Å². The van der Waals surface area contributed by atoms with Crippen molar-refractivity contribution in [2.75, 3.05) is 19.0 Å². The number of carbonyl (C=O) groups excluding carboxylic acids is 2. The molecular formula is C23H26FN5O4S. The number of ether oxygens (including phenoxy) is 2. The summed E-state index contributed by atoms with van der Waals surface area (Å²) in [7, 11) is 1.59. The predicted octanol–water partition coefficient (Wildman–Crippen LogP) is 3.42. The van der Waals surface area contributed by atoms with Gasteiger partial charge in [-0.3, -0.25) is 14.2 Å². The number of rotatable bonds is 11. The maximum absolute atomic E-state index is 13.9. The van der Waals surface area contributed by atoms with Gasteiger partial charge >= 0.3 is 0 Å². The molecule has 0 saturated heterocycles. The van der Waals surface area contributed by atoms with Crippen molar-refractivity contribution in [2.24, 2.45) is 5.73 Å². The number of methoxy groups -OCH3 is 1. The van der Waals surface area contributed by atoms with Crippen LogP contribution in [0, 0.1) is 5.82 Å². The molecule has 1 aromatic heterocycles. The van der Waals surface area contributed by atoms with Gasteiger partial charge < -0.3 is 20.5 Å². The topological polar surface area (TPSA) is 121 Å². The summed E-state index contributed by atoms with van der Waals surface area (Å²) in [5, 5.41) is 11.2. The summed E-state index contributed by atoms with van der Waals surface area (Å²) in [5.41, 5.74) is 6.13. The summed E-state index contributed by atoms with van der Waals surface area (Å²) in [4.78, 5) is 23.9. The van der Waals surface area contributed by atoms with E-state index in [0.29, 0.717) is 28.8 Å². The first kappa shape index (κ1) is 25.2. The molecule has 0 fully saturated rings. The molecule has 2 atom stereocenters. The number of nitrogens with two attached hydrogens (primary N) is 1. The Morgan fingerprint density at radius 1 is 1.15 bits per heavy atom. The second-order valence-corrected chi connectivity index (χ2v) is 8.79. The second kappa shape index (κ2) is 11.6. The number of thioether (sulfide) groups is 1. The predicted molar refractivity (Wildman–Crippen MR) is 126 cm³/mol. The highest BCUT2D eigenvalue weighted by atomic mass is 32.2. The van der Waals surface area contributed by atoms with Crippen LogP contribution in [-0.4, -0.2) is 45.5 Å². The van der Waals surface area contributed by atoms with Crippen LogP contribution in [0.15, 0.2) is 53.7 Å². The number of amides is 2. The Balaban J connectivity index is 1.72. The van der Waals surface area contributed by atoms with Gasteiger partial charge in [-0.1, -0.05) is 23.9 Å². The molecule has 9 nitrogen and oxygen atoms in total. The number of halogens is 1. The van der Waals surface area contributed by atoms with Gasteiger partial charge in [0.1, 0.15) is 6.61 Å². The van der Waals surface area contributed by atoms with Crippen LogP contribution < -0.4 is 15.8 Å². The molecule has 0 radical (unpaired) electrons. The fraction of sp³-hybridized carbons (Fsp3) is 0.304. The lowest BCUT2D eigenvalue weighted by molar-refractivity contribution is -0.115. The Morgan fingerprint density at radius 2 is 1.85 bits per heavy atom. The molecular weight excluding hydrogens is 461 g/mol. The first-order valence-corrected chi connectivity index (χ1v) is 11.4. The van der Waals surface area contributed by atoms with Gasteiger partial charge in [0.05, 0.1) is 17.9 Å². The van der Waals surface area contributed by atoms with E-state index in [9.17, 15) is 14.0 Å². The Labute approximate surface area is 200 Å². The number of aromatic nitrogens is 3. The summed E-state index contributed by atoms with van der Waals surface area (Å²) < 4.78 is 26.6. The van der Waals surface area contributed by atoms with Crippen LogP contribution in [0.1, 0.15) is 36.1 Å². The van der Waals surface area contributed by atoms with Crippen LogP contribution in [0.25, 0.3) is 0 Å². The molecule has 0 saturated carbocycles. The Kier molecular flexibility index (Phi) is 8.61. The van der Waals surface area contributed by atoms with Crippen LogP contribution in [-0.2, 0) is 16.1 Å². The number of nitrogens with zero attached hydrogens (tertiary/aromatic N) is 3. The van der Waals surface area contributed by atoms with E-state index in [0.717, 1.165) is 0 Å². The van der Waals surface area contributed by atoms with Crippen LogP contribution in [0.3, 0.4) is 0 Å². The minimum atomic E-state index is -0.541. The monoisotopic (exact) mass is 487 g/mol. The number of hydrogen-bond acceptors (Lipinski definition) is 7. The van der Waals surface area contributed by atoms with Crippen molar-refractivity contribution in [1.29, 1.82) is 0 Å². The lowest BCUT2D eigenvalue weighted by Gasteiger charge is -2.19. The van der Waals surface area contributed by atoms with Crippen LogP contribution in [0.4, 0.5) is 10.1 Å². The van der Waals surface area contributed by atoms with Gasteiger partial charge in [-0.2, -0.15) is 0 Å². The zero-order valence-corrected chi connectivity index (χ0v) is 19.8. The van der Waals surface area contributed by atoms with Crippen molar-refractivity contribution in [1.82, 2.24) is 14.8 Å². The molecule has 180 valence electrons. The van der Waals surface area contributed by atoms with Gasteiger partial charge in [-0.15, -0.1) is 10.2 Å². The molecule has 0 unspecified atom stereocenters. The highest BCUT2D eigenvalue weighted by Crippen LogP contribution is 2.27. The highest BCUT2D eigenvalue weighted by Gasteiger charge is 2.23. The van der Waals surface area contributed by atoms with Crippen molar-refractivity contribution in [3.8, 4) is 5.75 Å². The molecule has 3 N–H and O–H groups in total.